The van der Waals surface area contributed by atoms with Crippen molar-refractivity contribution >= 4 is 28.9 Å². The standard InChI is InChI=1S/C24H20N2O7/c1-2-31-23(29)20-16(25-24(30)26-21(20)14-8-4-3-5-9-14)13-32-22(28)19-12-17(27)15-10-6-7-11-18(15)33-19/h3-12,21H,2,13H2,1H3,(H2,25,26,30)/t21-/m1/s1. The maximum atomic E-state index is 12.7. The highest BCUT2D eigenvalue weighted by Gasteiger charge is 2.34. The van der Waals surface area contributed by atoms with Crippen molar-refractivity contribution in [3.8, 4) is 0 Å². The van der Waals surface area contributed by atoms with Crippen LogP contribution in [0.3, 0.4) is 0 Å². The first kappa shape index (κ1) is 21.8. The lowest BCUT2D eigenvalue weighted by atomic mass is 9.95. The van der Waals surface area contributed by atoms with Gasteiger partial charge in [-0.3, -0.25) is 4.79 Å². The average Bonchev–Trinajstić information content (AvgIpc) is 2.82. The largest absolute Gasteiger partial charge is 0.463 e. The minimum atomic E-state index is -0.919. The van der Waals surface area contributed by atoms with Crippen molar-refractivity contribution in [3.63, 3.8) is 0 Å². The van der Waals surface area contributed by atoms with E-state index in [1.807, 2.05) is 0 Å². The lowest BCUT2D eigenvalue weighted by Gasteiger charge is -2.29. The van der Waals surface area contributed by atoms with Crippen LogP contribution in [0.15, 0.2) is 81.1 Å². The zero-order chi connectivity index (χ0) is 23.4. The number of carbonyl (C=O) groups excluding carboxylic acids is 3. The molecule has 4 rings (SSSR count). The molecular formula is C24H20N2O7. The number of nitrogens with one attached hydrogen (secondary N) is 2. The van der Waals surface area contributed by atoms with Crippen LogP contribution in [-0.4, -0.2) is 31.2 Å². The van der Waals surface area contributed by atoms with E-state index in [1.165, 1.54) is 0 Å². The van der Waals surface area contributed by atoms with Crippen LogP contribution in [0.2, 0.25) is 0 Å². The zero-order valence-electron chi connectivity index (χ0n) is 17.6. The SMILES string of the molecule is CCOC(=O)C1=C(COC(=O)c2cc(=O)c3ccccc3o2)NC(=O)N[C@@H]1c1ccccc1. The van der Waals surface area contributed by atoms with Gasteiger partial charge in [-0.1, -0.05) is 42.5 Å². The number of fused-ring (bicyclic) bond motifs is 1. The molecule has 0 spiro atoms. The molecule has 0 fully saturated rings. The maximum absolute atomic E-state index is 12.7. The van der Waals surface area contributed by atoms with Crippen molar-refractivity contribution in [2.45, 2.75) is 13.0 Å². The smallest absolute Gasteiger partial charge is 0.374 e. The number of amides is 2. The van der Waals surface area contributed by atoms with Crippen LogP contribution in [-0.2, 0) is 14.3 Å². The predicted molar refractivity (Wildman–Crippen MR) is 117 cm³/mol. The molecule has 2 N–H and O–H groups in total. The molecule has 0 saturated heterocycles. The van der Waals surface area contributed by atoms with Crippen LogP contribution < -0.4 is 16.1 Å². The molecule has 0 bridgehead atoms. The van der Waals surface area contributed by atoms with Crippen LogP contribution in [0.25, 0.3) is 11.0 Å². The summed E-state index contributed by atoms with van der Waals surface area (Å²) in [6.07, 6.45) is 0. The third-order valence-electron chi connectivity index (χ3n) is 4.97. The summed E-state index contributed by atoms with van der Waals surface area (Å²) in [5.41, 5.74) is 0.676. The van der Waals surface area contributed by atoms with E-state index in [1.54, 1.807) is 61.5 Å². The van der Waals surface area contributed by atoms with E-state index in [4.69, 9.17) is 13.9 Å². The molecule has 0 radical (unpaired) electrons. The number of hydrogen-bond acceptors (Lipinski definition) is 7. The van der Waals surface area contributed by atoms with E-state index in [-0.39, 0.29) is 29.2 Å². The normalized spacial score (nSPS) is 15.5. The Kier molecular flexibility index (Phi) is 6.21. The number of esters is 2. The first-order chi connectivity index (χ1) is 16.0. The van der Waals surface area contributed by atoms with Gasteiger partial charge in [0.2, 0.25) is 5.76 Å². The number of ether oxygens (including phenoxy) is 2. The Bertz CT molecular complexity index is 1310. The Labute approximate surface area is 188 Å². The van der Waals surface area contributed by atoms with Gasteiger partial charge in [0.25, 0.3) is 0 Å². The minimum absolute atomic E-state index is 0.0718. The van der Waals surface area contributed by atoms with Gasteiger partial charge in [0.1, 0.15) is 12.2 Å². The molecule has 2 aromatic carbocycles. The molecule has 9 heteroatoms. The molecule has 0 unspecified atom stereocenters. The van der Waals surface area contributed by atoms with Crippen LogP contribution in [0, 0.1) is 0 Å². The van der Waals surface area contributed by atoms with E-state index in [9.17, 15) is 19.2 Å². The Hall–Kier alpha value is -4.40. The highest BCUT2D eigenvalue weighted by atomic mass is 16.5. The summed E-state index contributed by atoms with van der Waals surface area (Å²) in [5, 5.41) is 5.53. The molecule has 2 heterocycles. The number of carbonyl (C=O) groups is 3. The van der Waals surface area contributed by atoms with Gasteiger partial charge in [0.05, 0.1) is 29.3 Å². The van der Waals surface area contributed by atoms with Gasteiger partial charge < -0.3 is 24.5 Å². The fourth-order valence-electron chi connectivity index (χ4n) is 3.49. The zero-order valence-corrected chi connectivity index (χ0v) is 17.6. The topological polar surface area (TPSA) is 124 Å². The Morgan fingerprint density at radius 1 is 0.970 bits per heavy atom. The maximum Gasteiger partial charge on any atom is 0.374 e. The molecule has 0 saturated carbocycles. The summed E-state index contributed by atoms with van der Waals surface area (Å²) in [5.74, 6) is -1.88. The van der Waals surface area contributed by atoms with E-state index < -0.39 is 36.0 Å². The summed E-state index contributed by atoms with van der Waals surface area (Å²) in [6, 6.07) is 15.0. The summed E-state index contributed by atoms with van der Waals surface area (Å²) in [4.78, 5) is 49.9. The molecule has 9 nitrogen and oxygen atoms in total. The van der Waals surface area contributed by atoms with Gasteiger partial charge >= 0.3 is 18.0 Å². The number of para-hydroxylation sites is 1. The second-order valence-electron chi connectivity index (χ2n) is 7.10. The summed E-state index contributed by atoms with van der Waals surface area (Å²) in [6.45, 7) is 1.33. The van der Waals surface area contributed by atoms with Crippen LogP contribution in [0.5, 0.6) is 0 Å². The highest BCUT2D eigenvalue weighted by molar-refractivity contribution is 5.95. The second kappa shape index (κ2) is 9.39. The van der Waals surface area contributed by atoms with E-state index in [0.717, 1.165) is 6.07 Å². The Balaban J connectivity index is 1.65. The summed E-state index contributed by atoms with van der Waals surface area (Å²) < 4.78 is 15.9. The van der Waals surface area contributed by atoms with E-state index >= 15 is 0 Å². The summed E-state index contributed by atoms with van der Waals surface area (Å²) >= 11 is 0. The number of hydrogen-bond donors (Lipinski definition) is 2. The Morgan fingerprint density at radius 3 is 2.45 bits per heavy atom. The van der Waals surface area contributed by atoms with Crippen LogP contribution in [0.1, 0.15) is 29.1 Å². The molecule has 1 atom stereocenters. The van der Waals surface area contributed by atoms with Crippen LogP contribution in [0.4, 0.5) is 4.79 Å². The fraction of sp³-hybridized carbons (Fsp3) is 0.167. The predicted octanol–water partition coefficient (Wildman–Crippen LogP) is 2.82. The molecule has 0 aliphatic carbocycles. The highest BCUT2D eigenvalue weighted by Crippen LogP contribution is 2.28. The van der Waals surface area contributed by atoms with E-state index in [0.29, 0.717) is 10.9 Å². The minimum Gasteiger partial charge on any atom is -0.463 e. The quantitative estimate of drug-likeness (QED) is 0.556. The summed E-state index contributed by atoms with van der Waals surface area (Å²) in [7, 11) is 0. The van der Waals surface area contributed by atoms with Crippen molar-refractivity contribution in [1.29, 1.82) is 0 Å². The number of urea groups is 1. The fourth-order valence-corrected chi connectivity index (χ4v) is 3.49. The molecule has 33 heavy (non-hydrogen) atoms. The lowest BCUT2D eigenvalue weighted by molar-refractivity contribution is -0.139. The monoisotopic (exact) mass is 448 g/mol. The molecule has 168 valence electrons. The Morgan fingerprint density at radius 2 is 1.70 bits per heavy atom. The third kappa shape index (κ3) is 4.62. The van der Waals surface area contributed by atoms with Gasteiger partial charge in [-0.2, -0.15) is 0 Å². The number of benzene rings is 2. The molecule has 1 aromatic heterocycles. The van der Waals surface area contributed by atoms with Crippen molar-refractivity contribution in [2.24, 2.45) is 0 Å². The van der Waals surface area contributed by atoms with Gasteiger partial charge in [0, 0.05) is 6.07 Å². The molecule has 3 aromatic rings. The number of rotatable bonds is 6. The average molecular weight is 448 g/mol. The first-order valence-corrected chi connectivity index (χ1v) is 10.2. The van der Waals surface area contributed by atoms with Gasteiger partial charge in [-0.15, -0.1) is 0 Å². The van der Waals surface area contributed by atoms with Crippen molar-refractivity contribution in [1.82, 2.24) is 10.6 Å². The van der Waals surface area contributed by atoms with Crippen molar-refractivity contribution in [3.05, 3.63) is 93.5 Å². The van der Waals surface area contributed by atoms with E-state index in [2.05, 4.69) is 10.6 Å². The van der Waals surface area contributed by atoms with Crippen molar-refractivity contribution < 1.29 is 28.3 Å². The van der Waals surface area contributed by atoms with Crippen LogP contribution >= 0.6 is 0 Å². The third-order valence-corrected chi connectivity index (χ3v) is 4.97. The molecule has 1 aliphatic rings. The van der Waals surface area contributed by atoms with Gasteiger partial charge in [0.15, 0.2) is 5.43 Å². The van der Waals surface area contributed by atoms with Crippen molar-refractivity contribution in [2.75, 3.05) is 13.2 Å². The molecule has 1 aliphatic heterocycles. The molecule has 2 amide bonds. The molecular weight excluding hydrogens is 428 g/mol. The lowest BCUT2D eigenvalue weighted by Crippen LogP contribution is -2.47. The van der Waals surface area contributed by atoms with Gasteiger partial charge in [-0.25, -0.2) is 14.4 Å². The first-order valence-electron chi connectivity index (χ1n) is 10.2. The van der Waals surface area contributed by atoms with Gasteiger partial charge in [-0.05, 0) is 24.6 Å². The second-order valence-corrected chi connectivity index (χ2v) is 7.10.